The summed E-state index contributed by atoms with van der Waals surface area (Å²) < 4.78 is 5.59. The van der Waals surface area contributed by atoms with Crippen LogP contribution in [-0.2, 0) is 0 Å². The summed E-state index contributed by atoms with van der Waals surface area (Å²) in [5, 5.41) is 14.8. The molecule has 9 heteroatoms. The maximum Gasteiger partial charge on any atom is 0.272 e. The Labute approximate surface area is 158 Å². The van der Waals surface area contributed by atoms with Gasteiger partial charge >= 0.3 is 0 Å². The molecule has 0 bridgehead atoms. The van der Waals surface area contributed by atoms with Gasteiger partial charge in [0.05, 0.1) is 21.7 Å². The lowest BCUT2D eigenvalue weighted by Gasteiger charge is -2.00. The van der Waals surface area contributed by atoms with Crippen molar-refractivity contribution in [1.82, 2.24) is 10.4 Å². The van der Waals surface area contributed by atoms with Crippen molar-refractivity contribution in [1.29, 1.82) is 0 Å². The van der Waals surface area contributed by atoms with Gasteiger partial charge in [0.15, 0.2) is 0 Å². The number of nitrogens with zero attached hydrogens (tertiary/aromatic N) is 3. The highest BCUT2D eigenvalue weighted by Gasteiger charge is 2.13. The van der Waals surface area contributed by atoms with Crippen molar-refractivity contribution < 1.29 is 14.1 Å². The third-order valence-electron chi connectivity index (χ3n) is 3.59. The Bertz CT molecular complexity index is 1030. The number of nitro benzene ring substituents is 1. The Morgan fingerprint density at radius 3 is 2.78 bits per heavy atom. The normalized spacial score (nSPS) is 10.9. The summed E-state index contributed by atoms with van der Waals surface area (Å²) in [6.07, 6.45) is 2.80. The van der Waals surface area contributed by atoms with E-state index < -0.39 is 10.8 Å². The average Bonchev–Trinajstić information content (AvgIpc) is 3.10. The first-order chi connectivity index (χ1) is 12.9. The average molecular weight is 385 g/mol. The molecule has 1 aromatic carbocycles. The second kappa shape index (κ2) is 7.79. The van der Waals surface area contributed by atoms with E-state index in [0.717, 1.165) is 5.69 Å². The Kier molecular flexibility index (Phi) is 5.28. The van der Waals surface area contributed by atoms with Gasteiger partial charge in [0.25, 0.3) is 11.6 Å². The molecule has 0 atom stereocenters. The number of aromatic nitrogens is 1. The number of pyridine rings is 1. The van der Waals surface area contributed by atoms with Crippen molar-refractivity contribution in [2.24, 2.45) is 5.10 Å². The molecule has 0 saturated carbocycles. The zero-order valence-electron chi connectivity index (χ0n) is 14.0. The molecule has 2 aromatic heterocycles. The first-order valence-corrected chi connectivity index (χ1v) is 8.12. The number of carbonyl (C=O) groups is 1. The molecule has 0 spiro atoms. The lowest BCUT2D eigenvalue weighted by atomic mass is 10.1. The molecule has 1 amide bonds. The fraction of sp³-hybridized carbons (Fsp3) is 0.0556. The van der Waals surface area contributed by atoms with Crippen LogP contribution in [0.25, 0.3) is 11.3 Å². The monoisotopic (exact) mass is 384 g/mol. The van der Waals surface area contributed by atoms with Crippen LogP contribution in [0.4, 0.5) is 5.69 Å². The van der Waals surface area contributed by atoms with E-state index in [9.17, 15) is 14.9 Å². The first-order valence-electron chi connectivity index (χ1n) is 7.74. The fourth-order valence-corrected chi connectivity index (χ4v) is 2.47. The third kappa shape index (κ3) is 4.36. The number of hydrogen-bond acceptors (Lipinski definition) is 6. The van der Waals surface area contributed by atoms with Crippen LogP contribution in [0.15, 0.2) is 58.2 Å². The van der Waals surface area contributed by atoms with Gasteiger partial charge in [0, 0.05) is 29.6 Å². The van der Waals surface area contributed by atoms with Gasteiger partial charge in [-0.05, 0) is 37.3 Å². The van der Waals surface area contributed by atoms with E-state index in [2.05, 4.69) is 15.5 Å². The van der Waals surface area contributed by atoms with Crippen LogP contribution in [0.5, 0.6) is 0 Å². The van der Waals surface area contributed by atoms with Gasteiger partial charge in [-0.25, -0.2) is 5.43 Å². The highest BCUT2D eigenvalue weighted by Crippen LogP contribution is 2.31. The lowest BCUT2D eigenvalue weighted by Crippen LogP contribution is -2.17. The number of amides is 1. The molecule has 3 rings (SSSR count). The van der Waals surface area contributed by atoms with E-state index in [1.165, 1.54) is 30.6 Å². The molecule has 136 valence electrons. The number of halogens is 1. The Morgan fingerprint density at radius 2 is 2.11 bits per heavy atom. The number of hydrogen-bond donors (Lipinski definition) is 1. The molecule has 27 heavy (non-hydrogen) atoms. The maximum atomic E-state index is 11.9. The molecule has 8 nitrogen and oxygen atoms in total. The first kappa shape index (κ1) is 18.3. The van der Waals surface area contributed by atoms with E-state index in [1.54, 1.807) is 24.3 Å². The minimum atomic E-state index is -0.526. The predicted molar refractivity (Wildman–Crippen MR) is 99.8 cm³/mol. The fourth-order valence-electron chi connectivity index (χ4n) is 2.21. The zero-order valence-corrected chi connectivity index (χ0v) is 14.8. The predicted octanol–water partition coefficient (Wildman–Crippen LogP) is 3.98. The molecule has 3 aromatic rings. The topological polar surface area (TPSA) is 111 Å². The van der Waals surface area contributed by atoms with E-state index in [1.807, 2.05) is 6.92 Å². The van der Waals surface area contributed by atoms with Crippen molar-refractivity contribution in [2.75, 3.05) is 0 Å². The number of benzene rings is 1. The van der Waals surface area contributed by atoms with Gasteiger partial charge in [-0.3, -0.25) is 19.9 Å². The Morgan fingerprint density at radius 1 is 1.30 bits per heavy atom. The molecule has 2 heterocycles. The molecule has 0 radical (unpaired) electrons. The van der Waals surface area contributed by atoms with Gasteiger partial charge < -0.3 is 4.42 Å². The molecule has 0 unspecified atom stereocenters. The van der Waals surface area contributed by atoms with Gasteiger partial charge in [-0.15, -0.1) is 0 Å². The third-order valence-corrected chi connectivity index (χ3v) is 3.90. The standard InChI is InChI=1S/C18H13ClN4O4/c1-11-2-3-12(9-20-11)18(24)22-21-10-14-5-7-17(27-14)15-6-4-13(23(25)26)8-16(15)19/h2-10H,1H3,(H,22,24). The lowest BCUT2D eigenvalue weighted by molar-refractivity contribution is -0.384. The second-order valence-corrected chi connectivity index (χ2v) is 5.92. The second-order valence-electron chi connectivity index (χ2n) is 5.51. The van der Waals surface area contributed by atoms with E-state index in [0.29, 0.717) is 22.6 Å². The van der Waals surface area contributed by atoms with Crippen molar-refractivity contribution in [2.45, 2.75) is 6.92 Å². The van der Waals surface area contributed by atoms with Crippen LogP contribution in [0, 0.1) is 17.0 Å². The number of furan rings is 1. The molecule has 0 fully saturated rings. The molecular formula is C18H13ClN4O4. The number of nitrogens with one attached hydrogen (secondary N) is 1. The summed E-state index contributed by atoms with van der Waals surface area (Å²) in [6.45, 7) is 1.82. The zero-order chi connectivity index (χ0) is 19.4. The maximum absolute atomic E-state index is 11.9. The summed E-state index contributed by atoms with van der Waals surface area (Å²) in [7, 11) is 0. The minimum absolute atomic E-state index is 0.106. The summed E-state index contributed by atoms with van der Waals surface area (Å²) in [5.74, 6) is 0.399. The SMILES string of the molecule is Cc1ccc(C(=O)NN=Cc2ccc(-c3ccc([N+](=O)[O-])cc3Cl)o2)cn1. The Balaban J connectivity index is 1.69. The van der Waals surface area contributed by atoms with Crippen LogP contribution >= 0.6 is 11.6 Å². The quantitative estimate of drug-likeness (QED) is 0.406. The number of non-ortho nitro benzene ring substituents is 1. The van der Waals surface area contributed by atoms with Crippen LogP contribution in [0.2, 0.25) is 5.02 Å². The van der Waals surface area contributed by atoms with Gasteiger partial charge in [-0.2, -0.15) is 5.10 Å². The molecule has 0 saturated heterocycles. The van der Waals surface area contributed by atoms with E-state index >= 15 is 0 Å². The molecular weight excluding hydrogens is 372 g/mol. The van der Waals surface area contributed by atoms with E-state index in [4.69, 9.17) is 16.0 Å². The molecule has 0 aliphatic rings. The highest BCUT2D eigenvalue weighted by molar-refractivity contribution is 6.33. The van der Waals surface area contributed by atoms with Crippen molar-refractivity contribution in [3.63, 3.8) is 0 Å². The molecule has 0 aliphatic heterocycles. The van der Waals surface area contributed by atoms with E-state index in [-0.39, 0.29) is 10.7 Å². The number of rotatable bonds is 5. The van der Waals surface area contributed by atoms with Gasteiger partial charge in [-0.1, -0.05) is 11.6 Å². The highest BCUT2D eigenvalue weighted by atomic mass is 35.5. The number of nitro groups is 1. The van der Waals surface area contributed by atoms with Crippen LogP contribution < -0.4 is 5.43 Å². The molecule has 0 aliphatic carbocycles. The van der Waals surface area contributed by atoms with Gasteiger partial charge in [0.1, 0.15) is 11.5 Å². The summed E-state index contributed by atoms with van der Waals surface area (Å²) in [4.78, 5) is 26.2. The number of hydrazone groups is 1. The summed E-state index contributed by atoms with van der Waals surface area (Å²) >= 11 is 6.08. The van der Waals surface area contributed by atoms with Crippen LogP contribution in [0.3, 0.4) is 0 Å². The van der Waals surface area contributed by atoms with Gasteiger partial charge in [0.2, 0.25) is 0 Å². The minimum Gasteiger partial charge on any atom is -0.455 e. The number of carbonyl (C=O) groups excluding carboxylic acids is 1. The Hall–Kier alpha value is -3.52. The smallest absolute Gasteiger partial charge is 0.272 e. The largest absolute Gasteiger partial charge is 0.455 e. The summed E-state index contributed by atoms with van der Waals surface area (Å²) in [5.41, 5.74) is 3.97. The van der Waals surface area contributed by atoms with Crippen LogP contribution in [-0.4, -0.2) is 22.0 Å². The summed E-state index contributed by atoms with van der Waals surface area (Å²) in [6, 6.07) is 10.8. The van der Waals surface area contributed by atoms with Crippen LogP contribution in [0.1, 0.15) is 21.8 Å². The van der Waals surface area contributed by atoms with Crippen molar-refractivity contribution in [3.05, 3.63) is 80.8 Å². The molecule has 1 N–H and O–H groups in total. The number of aryl methyl sites for hydroxylation is 1. The van der Waals surface area contributed by atoms with Crippen molar-refractivity contribution in [3.8, 4) is 11.3 Å². The van der Waals surface area contributed by atoms with Crippen molar-refractivity contribution >= 4 is 29.4 Å².